The Morgan fingerprint density at radius 3 is 2.97 bits per heavy atom. The third-order valence-electron chi connectivity index (χ3n) is 5.14. The largest absolute Gasteiger partial charge is 0.394 e. The number of aliphatic imine (C=N–C) groups is 1. The molecule has 1 aliphatic heterocycles. The molecule has 1 fully saturated rings. The molecule has 13 nitrogen and oxygen atoms in total. The van der Waals surface area contributed by atoms with Gasteiger partial charge in [-0.15, -0.1) is 0 Å². The van der Waals surface area contributed by atoms with Crippen molar-refractivity contribution in [3.05, 3.63) is 56.6 Å². The molecule has 3 aromatic rings. The highest BCUT2D eigenvalue weighted by molar-refractivity contribution is 5.71. The van der Waals surface area contributed by atoms with E-state index in [4.69, 9.17) is 9.47 Å². The summed E-state index contributed by atoms with van der Waals surface area (Å²) in [5, 5.41) is 21.0. The summed E-state index contributed by atoms with van der Waals surface area (Å²) < 4.78 is 13.4. The Labute approximate surface area is 187 Å². The van der Waals surface area contributed by atoms with Gasteiger partial charge < -0.3 is 19.5 Å². The molecule has 1 saturated heterocycles. The Hall–Kier alpha value is -3.68. The number of aliphatic hydroxyl groups is 1. The van der Waals surface area contributed by atoms with Crippen LogP contribution in [0.3, 0.4) is 0 Å². The SMILES string of the molecule is CN(C)/C=N/c1nc2c(ncn2C2CC(OCc3ccccc3[N+](=O)[O-])C(CO)O2)c(=O)[nH]1. The normalized spacial score (nSPS) is 20.6. The molecule has 3 atom stereocenters. The quantitative estimate of drug-likeness (QED) is 0.218. The molecule has 3 heterocycles. The molecule has 1 aromatic carbocycles. The minimum Gasteiger partial charge on any atom is -0.394 e. The Bertz CT molecular complexity index is 1240. The summed E-state index contributed by atoms with van der Waals surface area (Å²) in [7, 11) is 3.58. The number of fused-ring (bicyclic) bond motifs is 1. The zero-order valence-corrected chi connectivity index (χ0v) is 18.0. The number of rotatable bonds is 8. The van der Waals surface area contributed by atoms with Crippen LogP contribution in [0.5, 0.6) is 0 Å². The predicted octanol–water partition coefficient (Wildman–Crippen LogP) is 1.11. The molecule has 33 heavy (non-hydrogen) atoms. The van der Waals surface area contributed by atoms with Gasteiger partial charge in [-0.3, -0.25) is 24.5 Å². The summed E-state index contributed by atoms with van der Waals surface area (Å²) in [4.78, 5) is 40.1. The number of nitrogens with one attached hydrogen (secondary N) is 1. The Morgan fingerprint density at radius 2 is 2.24 bits per heavy atom. The van der Waals surface area contributed by atoms with E-state index in [0.29, 0.717) is 12.0 Å². The maximum atomic E-state index is 12.4. The van der Waals surface area contributed by atoms with Gasteiger partial charge in [0.05, 0.1) is 42.5 Å². The lowest BCUT2D eigenvalue weighted by Crippen LogP contribution is -2.27. The molecule has 0 aliphatic carbocycles. The lowest BCUT2D eigenvalue weighted by molar-refractivity contribution is -0.386. The molecule has 13 heteroatoms. The number of aliphatic hydroxyl groups excluding tert-OH is 1. The van der Waals surface area contributed by atoms with Crippen LogP contribution in [0.25, 0.3) is 11.2 Å². The van der Waals surface area contributed by atoms with Gasteiger partial charge in [-0.2, -0.15) is 4.98 Å². The van der Waals surface area contributed by atoms with Crippen LogP contribution < -0.4 is 5.56 Å². The van der Waals surface area contributed by atoms with Gasteiger partial charge in [-0.05, 0) is 6.07 Å². The van der Waals surface area contributed by atoms with Crippen molar-refractivity contribution in [3.63, 3.8) is 0 Å². The molecule has 2 aromatic heterocycles. The van der Waals surface area contributed by atoms with Gasteiger partial charge in [0.15, 0.2) is 11.2 Å². The van der Waals surface area contributed by atoms with Crippen molar-refractivity contribution >= 4 is 29.1 Å². The Balaban J connectivity index is 1.56. The number of nitro groups is 1. The molecule has 0 bridgehead atoms. The van der Waals surface area contributed by atoms with Crippen LogP contribution in [-0.2, 0) is 16.1 Å². The lowest BCUT2D eigenvalue weighted by Gasteiger charge is -2.16. The van der Waals surface area contributed by atoms with Crippen LogP contribution in [-0.4, -0.2) is 73.7 Å². The second-order valence-corrected chi connectivity index (χ2v) is 7.70. The van der Waals surface area contributed by atoms with Crippen LogP contribution in [0.2, 0.25) is 0 Å². The van der Waals surface area contributed by atoms with E-state index >= 15 is 0 Å². The summed E-state index contributed by atoms with van der Waals surface area (Å²) in [6, 6.07) is 6.31. The third kappa shape index (κ3) is 4.74. The molecule has 0 amide bonds. The van der Waals surface area contributed by atoms with E-state index in [1.54, 1.807) is 41.8 Å². The molecule has 3 unspecified atom stereocenters. The van der Waals surface area contributed by atoms with Gasteiger partial charge in [0.25, 0.3) is 11.2 Å². The summed E-state index contributed by atoms with van der Waals surface area (Å²) in [5.74, 6) is 0.115. The van der Waals surface area contributed by atoms with Crippen molar-refractivity contribution in [3.8, 4) is 0 Å². The van der Waals surface area contributed by atoms with Crippen molar-refractivity contribution < 1.29 is 19.5 Å². The van der Waals surface area contributed by atoms with Crippen LogP contribution in [0.1, 0.15) is 18.2 Å². The topological polar surface area (TPSA) is 161 Å². The first-order chi connectivity index (χ1) is 15.9. The number of nitrogens with zero attached hydrogens (tertiary/aromatic N) is 6. The van der Waals surface area contributed by atoms with E-state index in [9.17, 15) is 20.0 Å². The molecule has 174 valence electrons. The van der Waals surface area contributed by atoms with Crippen LogP contribution >= 0.6 is 0 Å². The maximum Gasteiger partial charge on any atom is 0.280 e. The highest BCUT2D eigenvalue weighted by Gasteiger charge is 2.38. The number of ether oxygens (including phenoxy) is 2. The van der Waals surface area contributed by atoms with Gasteiger partial charge in [0.1, 0.15) is 12.3 Å². The van der Waals surface area contributed by atoms with Gasteiger partial charge in [-0.25, -0.2) is 9.98 Å². The van der Waals surface area contributed by atoms with Crippen molar-refractivity contribution in [2.45, 2.75) is 31.5 Å². The monoisotopic (exact) mass is 457 g/mol. The molecule has 0 radical (unpaired) electrons. The van der Waals surface area contributed by atoms with Crippen LogP contribution in [0.15, 0.2) is 40.4 Å². The zero-order chi connectivity index (χ0) is 23.5. The standard InChI is InChI=1S/C20H23N7O6/c1-25(2)10-22-20-23-18-17(19(29)24-20)21-11-26(18)16-7-14(15(8-28)33-16)32-9-12-5-3-4-6-13(12)27(30)31/h3-6,10-11,14-16,28H,7-9H2,1-2H3,(H,23,24,29)/b22-10+. The molecular formula is C20H23N7O6. The number of benzene rings is 1. The second-order valence-electron chi connectivity index (χ2n) is 7.70. The summed E-state index contributed by atoms with van der Waals surface area (Å²) in [6.45, 7) is -0.322. The van der Waals surface area contributed by atoms with E-state index in [2.05, 4.69) is 19.9 Å². The molecule has 1 aliphatic rings. The van der Waals surface area contributed by atoms with Crippen LogP contribution in [0.4, 0.5) is 11.6 Å². The zero-order valence-electron chi connectivity index (χ0n) is 18.0. The minimum atomic E-state index is -0.663. The average molecular weight is 457 g/mol. The van der Waals surface area contributed by atoms with Crippen molar-refractivity contribution in [2.24, 2.45) is 4.99 Å². The van der Waals surface area contributed by atoms with E-state index in [-0.39, 0.29) is 36.0 Å². The van der Waals surface area contributed by atoms with E-state index < -0.39 is 28.9 Å². The first kappa shape index (κ1) is 22.5. The van der Waals surface area contributed by atoms with E-state index in [0.717, 1.165) is 0 Å². The maximum absolute atomic E-state index is 12.4. The smallest absolute Gasteiger partial charge is 0.280 e. The minimum absolute atomic E-state index is 0.0135. The number of imidazole rings is 1. The fourth-order valence-corrected chi connectivity index (χ4v) is 3.57. The summed E-state index contributed by atoms with van der Waals surface area (Å²) >= 11 is 0. The van der Waals surface area contributed by atoms with Crippen molar-refractivity contribution in [1.29, 1.82) is 0 Å². The molecular weight excluding hydrogens is 434 g/mol. The highest BCUT2D eigenvalue weighted by atomic mass is 16.6. The first-order valence-corrected chi connectivity index (χ1v) is 10.1. The van der Waals surface area contributed by atoms with Gasteiger partial charge in [-0.1, -0.05) is 12.1 Å². The summed E-state index contributed by atoms with van der Waals surface area (Å²) in [6.07, 6.45) is 1.46. The third-order valence-corrected chi connectivity index (χ3v) is 5.14. The van der Waals surface area contributed by atoms with Crippen molar-refractivity contribution in [2.75, 3.05) is 20.7 Å². The van der Waals surface area contributed by atoms with E-state index in [1.807, 2.05) is 0 Å². The fourth-order valence-electron chi connectivity index (χ4n) is 3.57. The number of nitro benzene ring substituents is 1. The molecule has 2 N–H and O–H groups in total. The number of hydrogen-bond donors (Lipinski definition) is 2. The summed E-state index contributed by atoms with van der Waals surface area (Å²) in [5.41, 5.74) is 0.360. The molecule has 4 rings (SSSR count). The average Bonchev–Trinajstić information content (AvgIpc) is 3.40. The molecule has 0 spiro atoms. The van der Waals surface area contributed by atoms with Crippen LogP contribution in [0, 0.1) is 10.1 Å². The first-order valence-electron chi connectivity index (χ1n) is 10.1. The van der Waals surface area contributed by atoms with Crippen molar-refractivity contribution in [1.82, 2.24) is 24.4 Å². The van der Waals surface area contributed by atoms with Gasteiger partial charge in [0.2, 0.25) is 5.95 Å². The number of H-pyrrole nitrogens is 1. The number of aromatic nitrogens is 4. The highest BCUT2D eigenvalue weighted by Crippen LogP contribution is 2.33. The molecule has 0 saturated carbocycles. The Kier molecular flexibility index (Phi) is 6.44. The number of para-hydroxylation sites is 1. The number of hydrogen-bond acceptors (Lipinski definition) is 9. The van der Waals surface area contributed by atoms with Gasteiger partial charge >= 0.3 is 0 Å². The number of aromatic amines is 1. The Morgan fingerprint density at radius 1 is 1.45 bits per heavy atom. The fraction of sp³-hybridized carbons (Fsp3) is 0.400. The van der Waals surface area contributed by atoms with E-state index in [1.165, 1.54) is 18.7 Å². The lowest BCUT2D eigenvalue weighted by atomic mass is 10.1. The van der Waals surface area contributed by atoms with Gasteiger partial charge in [0, 0.05) is 26.6 Å². The predicted molar refractivity (Wildman–Crippen MR) is 117 cm³/mol. The second kappa shape index (κ2) is 9.44.